The molecule has 0 fully saturated rings. The maximum absolute atomic E-state index is 11.7. The average molecular weight is 279 g/mol. The van der Waals surface area contributed by atoms with Crippen molar-refractivity contribution in [2.75, 3.05) is 6.61 Å². The van der Waals surface area contributed by atoms with Gasteiger partial charge in [0.15, 0.2) is 0 Å². The Morgan fingerprint density at radius 2 is 2.15 bits per heavy atom. The first-order chi connectivity index (χ1) is 9.61. The lowest BCUT2D eigenvalue weighted by molar-refractivity contribution is -0.137. The van der Waals surface area contributed by atoms with Crippen molar-refractivity contribution in [3.05, 3.63) is 17.4 Å². The van der Waals surface area contributed by atoms with E-state index >= 15 is 0 Å². The van der Waals surface area contributed by atoms with Crippen molar-refractivity contribution < 1.29 is 18.8 Å². The maximum Gasteiger partial charge on any atom is 0.331 e. The summed E-state index contributed by atoms with van der Waals surface area (Å²) in [5, 5.41) is 3.99. The predicted molar refractivity (Wildman–Crippen MR) is 74.4 cm³/mol. The summed E-state index contributed by atoms with van der Waals surface area (Å²) in [5.41, 5.74) is 1.73. The van der Waals surface area contributed by atoms with Gasteiger partial charge in [-0.1, -0.05) is 0 Å². The third kappa shape index (κ3) is 3.40. The minimum atomic E-state index is -0.327. The van der Waals surface area contributed by atoms with E-state index in [0.29, 0.717) is 12.5 Å². The van der Waals surface area contributed by atoms with Crippen LogP contribution in [-0.4, -0.2) is 23.8 Å². The van der Waals surface area contributed by atoms with Crippen molar-refractivity contribution in [2.24, 2.45) is 0 Å². The number of aromatic nitrogens is 1. The maximum atomic E-state index is 11.7. The Kier molecular flexibility index (Phi) is 4.82. The van der Waals surface area contributed by atoms with Gasteiger partial charge in [-0.2, -0.15) is 0 Å². The first kappa shape index (κ1) is 14.6. The number of nitrogens with zero attached hydrogens (tertiary/aromatic N) is 1. The molecule has 1 aliphatic rings. The van der Waals surface area contributed by atoms with Gasteiger partial charge >= 0.3 is 5.97 Å². The van der Waals surface area contributed by atoms with Crippen LogP contribution < -0.4 is 4.74 Å². The van der Waals surface area contributed by atoms with Crippen molar-refractivity contribution in [2.45, 2.75) is 52.6 Å². The lowest BCUT2D eigenvalue weighted by atomic mass is 10.0. The van der Waals surface area contributed by atoms with E-state index in [1.54, 1.807) is 6.92 Å². The van der Waals surface area contributed by atoms with Crippen molar-refractivity contribution in [1.82, 2.24) is 5.16 Å². The van der Waals surface area contributed by atoms with Crippen LogP contribution >= 0.6 is 0 Å². The molecule has 0 aliphatic heterocycles. The molecule has 2 rings (SSSR count). The lowest BCUT2D eigenvalue weighted by Gasteiger charge is -2.09. The quantitative estimate of drug-likeness (QED) is 0.481. The first-order valence-electron chi connectivity index (χ1n) is 7.14. The molecule has 110 valence electrons. The minimum absolute atomic E-state index is 0.0105. The molecule has 20 heavy (non-hydrogen) atoms. The van der Waals surface area contributed by atoms with E-state index in [0.717, 1.165) is 42.6 Å². The predicted octanol–water partition coefficient (Wildman–Crippen LogP) is 3.13. The molecule has 0 aromatic carbocycles. The summed E-state index contributed by atoms with van der Waals surface area (Å²) in [7, 11) is 0. The smallest absolute Gasteiger partial charge is 0.331 e. The van der Waals surface area contributed by atoms with Crippen LogP contribution in [0.2, 0.25) is 0 Å². The number of carbonyl (C=O) groups is 1. The Labute approximate surface area is 118 Å². The third-order valence-corrected chi connectivity index (χ3v) is 3.08. The zero-order chi connectivity index (χ0) is 14.5. The fourth-order valence-electron chi connectivity index (χ4n) is 2.29. The summed E-state index contributed by atoms with van der Waals surface area (Å²) in [6.07, 6.45) is 5.21. The molecule has 0 bridgehead atoms. The van der Waals surface area contributed by atoms with Crippen LogP contribution in [0.1, 0.15) is 51.4 Å². The summed E-state index contributed by atoms with van der Waals surface area (Å²) in [6.45, 7) is 6.04. The lowest BCUT2D eigenvalue weighted by Crippen LogP contribution is -2.08. The number of hydrogen-bond acceptors (Lipinski definition) is 5. The molecular weight excluding hydrogens is 258 g/mol. The van der Waals surface area contributed by atoms with Crippen molar-refractivity contribution in [1.29, 1.82) is 0 Å². The summed E-state index contributed by atoms with van der Waals surface area (Å²) in [6, 6.07) is 0. The van der Waals surface area contributed by atoms with Crippen LogP contribution in [0.3, 0.4) is 0 Å². The van der Waals surface area contributed by atoms with E-state index < -0.39 is 0 Å². The summed E-state index contributed by atoms with van der Waals surface area (Å²) in [4.78, 5) is 11.7. The highest BCUT2D eigenvalue weighted by molar-refractivity contribution is 5.92. The molecule has 5 heteroatoms. The standard InChI is InChI=1S/C15H21NO4/c1-4-18-13(17)9-11-7-5-6-8-12-14(11)15(16-20-12)19-10(2)3/h9-10H,4-8H2,1-3H3/b11-9+. The Morgan fingerprint density at radius 3 is 2.85 bits per heavy atom. The Bertz CT molecular complexity index is 502. The molecule has 0 saturated heterocycles. The van der Waals surface area contributed by atoms with Gasteiger partial charge in [0.25, 0.3) is 5.88 Å². The van der Waals surface area contributed by atoms with Gasteiger partial charge < -0.3 is 14.0 Å². The molecule has 0 radical (unpaired) electrons. The number of esters is 1. The molecule has 1 aliphatic carbocycles. The number of fused-ring (bicyclic) bond motifs is 1. The van der Waals surface area contributed by atoms with Crippen LogP contribution in [-0.2, 0) is 16.0 Å². The molecule has 1 heterocycles. The molecule has 0 atom stereocenters. The van der Waals surface area contributed by atoms with E-state index in [-0.39, 0.29) is 12.1 Å². The van der Waals surface area contributed by atoms with Crippen LogP contribution in [0, 0.1) is 0 Å². The fourth-order valence-corrected chi connectivity index (χ4v) is 2.29. The van der Waals surface area contributed by atoms with E-state index in [4.69, 9.17) is 14.0 Å². The largest absolute Gasteiger partial charge is 0.472 e. The zero-order valence-corrected chi connectivity index (χ0v) is 12.3. The number of hydrogen-bond donors (Lipinski definition) is 0. The van der Waals surface area contributed by atoms with Gasteiger partial charge in [-0.15, -0.1) is 0 Å². The second kappa shape index (κ2) is 6.59. The Balaban J connectivity index is 2.35. The monoisotopic (exact) mass is 279 g/mol. The van der Waals surface area contributed by atoms with E-state index in [9.17, 15) is 4.79 Å². The van der Waals surface area contributed by atoms with Gasteiger partial charge in [0.05, 0.1) is 18.3 Å². The molecular formula is C15H21NO4. The zero-order valence-electron chi connectivity index (χ0n) is 12.3. The number of aryl methyl sites for hydroxylation is 1. The normalized spacial score (nSPS) is 16.9. The molecule has 0 spiro atoms. The van der Waals surface area contributed by atoms with Crippen LogP contribution in [0.15, 0.2) is 10.6 Å². The number of ether oxygens (including phenoxy) is 2. The van der Waals surface area contributed by atoms with Gasteiger partial charge in [-0.25, -0.2) is 4.79 Å². The number of allylic oxidation sites excluding steroid dienone is 1. The molecule has 0 saturated carbocycles. The minimum Gasteiger partial charge on any atom is -0.472 e. The highest BCUT2D eigenvalue weighted by atomic mass is 16.5. The second-order valence-electron chi connectivity index (χ2n) is 5.08. The number of rotatable bonds is 4. The van der Waals surface area contributed by atoms with Crippen molar-refractivity contribution in [3.63, 3.8) is 0 Å². The van der Waals surface area contributed by atoms with Crippen LogP contribution in [0.5, 0.6) is 5.88 Å². The molecule has 0 N–H and O–H groups in total. The number of carbonyl (C=O) groups excluding carboxylic acids is 1. The van der Waals surface area contributed by atoms with Gasteiger partial charge in [0, 0.05) is 12.5 Å². The van der Waals surface area contributed by atoms with Gasteiger partial charge in [-0.05, 0) is 50.8 Å². The highest BCUT2D eigenvalue weighted by Crippen LogP contribution is 2.36. The van der Waals surface area contributed by atoms with Crippen LogP contribution in [0.4, 0.5) is 0 Å². The molecule has 1 aromatic rings. The SMILES string of the molecule is CCOC(=O)/C=C1\CCCCc2onc(OC(C)C)c21. The van der Waals surface area contributed by atoms with Crippen molar-refractivity contribution in [3.8, 4) is 5.88 Å². The molecule has 1 aromatic heterocycles. The highest BCUT2D eigenvalue weighted by Gasteiger charge is 2.24. The first-order valence-corrected chi connectivity index (χ1v) is 7.14. The van der Waals surface area contributed by atoms with Gasteiger partial charge in [-0.3, -0.25) is 0 Å². The summed E-state index contributed by atoms with van der Waals surface area (Å²) < 4.78 is 16.0. The summed E-state index contributed by atoms with van der Waals surface area (Å²) in [5.74, 6) is 0.952. The Morgan fingerprint density at radius 1 is 1.40 bits per heavy atom. The van der Waals surface area contributed by atoms with E-state index in [1.807, 2.05) is 13.8 Å². The van der Waals surface area contributed by atoms with Gasteiger partial charge in [0.2, 0.25) is 0 Å². The topological polar surface area (TPSA) is 61.6 Å². The fraction of sp³-hybridized carbons (Fsp3) is 0.600. The summed E-state index contributed by atoms with van der Waals surface area (Å²) >= 11 is 0. The van der Waals surface area contributed by atoms with Crippen LogP contribution in [0.25, 0.3) is 5.57 Å². The third-order valence-electron chi connectivity index (χ3n) is 3.08. The molecule has 5 nitrogen and oxygen atoms in total. The molecule has 0 unspecified atom stereocenters. The van der Waals surface area contributed by atoms with E-state index in [2.05, 4.69) is 5.16 Å². The average Bonchev–Trinajstić information content (AvgIpc) is 2.64. The van der Waals surface area contributed by atoms with E-state index in [1.165, 1.54) is 6.08 Å². The second-order valence-corrected chi connectivity index (χ2v) is 5.08. The van der Waals surface area contributed by atoms with Gasteiger partial charge in [0.1, 0.15) is 5.76 Å². The van der Waals surface area contributed by atoms with Crippen molar-refractivity contribution >= 4 is 11.5 Å². The Hall–Kier alpha value is -1.78. The molecule has 0 amide bonds.